The van der Waals surface area contributed by atoms with E-state index in [9.17, 15) is 19.5 Å². The molecule has 3 heterocycles. The number of amides is 1. The third kappa shape index (κ3) is 7.21. The first-order valence-electron chi connectivity index (χ1n) is 11.9. The Morgan fingerprint density at radius 1 is 1.31 bits per heavy atom. The van der Waals surface area contributed by atoms with Crippen LogP contribution in [0.15, 0.2) is 63.2 Å². The normalized spacial score (nSPS) is 18.5. The van der Waals surface area contributed by atoms with Gasteiger partial charge in [0, 0.05) is 18.5 Å². The summed E-state index contributed by atoms with van der Waals surface area (Å²) in [4.78, 5) is 35.9. The molecule has 1 aromatic rings. The van der Waals surface area contributed by atoms with E-state index in [0.717, 1.165) is 37.7 Å². The van der Waals surface area contributed by atoms with Crippen molar-refractivity contribution in [2.45, 2.75) is 59.3 Å². The molecule has 0 aliphatic carbocycles. The summed E-state index contributed by atoms with van der Waals surface area (Å²) in [5.41, 5.74) is 3.19. The average molecular weight is 484 g/mol. The predicted octanol–water partition coefficient (Wildman–Crippen LogP) is 4.63. The van der Waals surface area contributed by atoms with Gasteiger partial charge in [0.2, 0.25) is 0 Å². The zero-order chi connectivity index (χ0) is 25.5. The van der Waals surface area contributed by atoms with Crippen LogP contribution in [-0.4, -0.2) is 46.0 Å². The summed E-state index contributed by atoms with van der Waals surface area (Å²) in [6, 6.07) is 1.95. The van der Waals surface area contributed by atoms with Crippen LogP contribution >= 0.6 is 0 Å². The number of ether oxygens (including phenoxy) is 1. The second kappa shape index (κ2) is 11.7. The zero-order valence-electron chi connectivity index (χ0n) is 20.5. The Morgan fingerprint density at radius 3 is 2.77 bits per heavy atom. The van der Waals surface area contributed by atoms with Gasteiger partial charge in [-0.15, -0.1) is 0 Å². The number of cyclic esters (lactones) is 1. The van der Waals surface area contributed by atoms with Crippen molar-refractivity contribution in [2.24, 2.45) is 5.92 Å². The van der Waals surface area contributed by atoms with Crippen LogP contribution in [0.1, 0.15) is 57.8 Å². The number of aliphatic hydroxyl groups excluding tert-OH is 1. The highest BCUT2D eigenvalue weighted by Gasteiger charge is 2.27. The average Bonchev–Trinajstić information content (AvgIpc) is 3.45. The van der Waals surface area contributed by atoms with Gasteiger partial charge in [-0.2, -0.15) is 0 Å². The van der Waals surface area contributed by atoms with Crippen molar-refractivity contribution < 1.29 is 33.8 Å². The zero-order valence-corrected chi connectivity index (χ0v) is 20.5. The van der Waals surface area contributed by atoms with Crippen LogP contribution in [0.3, 0.4) is 0 Å². The van der Waals surface area contributed by atoms with Gasteiger partial charge in [0.25, 0.3) is 5.91 Å². The van der Waals surface area contributed by atoms with Crippen LogP contribution in [-0.2, 0) is 32.0 Å². The van der Waals surface area contributed by atoms with Gasteiger partial charge in [0.05, 0.1) is 11.8 Å². The topological polar surface area (TPSA) is 117 Å². The number of carboxylic acid groups (broad SMARTS) is 1. The number of furan rings is 1. The molecule has 1 amide bonds. The van der Waals surface area contributed by atoms with Gasteiger partial charge < -0.3 is 24.3 Å². The van der Waals surface area contributed by atoms with Crippen molar-refractivity contribution in [1.29, 1.82) is 0 Å². The van der Waals surface area contributed by atoms with Crippen LogP contribution in [0, 0.1) is 5.92 Å². The SMILES string of the molecule is CC1=C(O)/C(=C/[C@H](C)CCC/C(C)=C/CCc2coc(CC3=CCN(CC(=O)O)C3=O)c2)OC1=O. The monoisotopic (exact) mass is 483 g/mol. The Kier molecular flexibility index (Phi) is 8.73. The van der Waals surface area contributed by atoms with Gasteiger partial charge in [-0.05, 0) is 69.6 Å². The third-order valence-corrected chi connectivity index (χ3v) is 6.21. The molecule has 1 aromatic heterocycles. The van der Waals surface area contributed by atoms with E-state index in [1.54, 1.807) is 25.3 Å². The number of hydrogen-bond donors (Lipinski definition) is 2. The second-order valence-electron chi connectivity index (χ2n) is 9.26. The lowest BCUT2D eigenvalue weighted by Crippen LogP contribution is -2.32. The van der Waals surface area contributed by atoms with Gasteiger partial charge in [-0.1, -0.05) is 24.6 Å². The number of hydrogen-bond acceptors (Lipinski definition) is 6. The molecule has 2 aliphatic rings. The standard InChI is InChI=1S/C27H33NO7/c1-17(6-4-8-18(2)12-23-25(31)19(3)27(33)35-23)7-5-9-20-13-22(34-16-20)14-21-10-11-28(26(21)32)15-24(29)30/h7,10,12-13,16,18,31H,4-6,8-9,11,14-15H2,1-3H3,(H,29,30)/b17-7+,23-12-/t18-/m1/s1. The number of rotatable bonds is 12. The van der Waals surface area contributed by atoms with E-state index in [2.05, 4.69) is 13.0 Å². The number of carbonyl (C=O) groups is 3. The first-order chi connectivity index (χ1) is 16.6. The fraction of sp³-hybridized carbons (Fsp3) is 0.444. The van der Waals surface area contributed by atoms with E-state index in [4.69, 9.17) is 14.3 Å². The first kappa shape index (κ1) is 26.1. The fourth-order valence-electron chi connectivity index (χ4n) is 4.13. The summed E-state index contributed by atoms with van der Waals surface area (Å²) in [7, 11) is 0. The summed E-state index contributed by atoms with van der Waals surface area (Å²) >= 11 is 0. The van der Waals surface area contributed by atoms with Crippen LogP contribution < -0.4 is 0 Å². The van der Waals surface area contributed by atoms with E-state index in [-0.39, 0.29) is 35.5 Å². The number of carboxylic acids is 1. The number of nitrogens with zero attached hydrogens (tertiary/aromatic N) is 1. The molecule has 2 aliphatic heterocycles. The minimum Gasteiger partial charge on any atom is -0.504 e. The van der Waals surface area contributed by atoms with E-state index in [1.165, 1.54) is 10.5 Å². The Balaban J connectivity index is 1.37. The first-order valence-corrected chi connectivity index (χ1v) is 11.9. The third-order valence-electron chi connectivity index (χ3n) is 6.21. The summed E-state index contributed by atoms with van der Waals surface area (Å²) < 4.78 is 10.7. The summed E-state index contributed by atoms with van der Waals surface area (Å²) in [5.74, 6) is -0.679. The van der Waals surface area contributed by atoms with E-state index < -0.39 is 11.9 Å². The Bertz CT molecular complexity index is 1100. The predicted molar refractivity (Wildman–Crippen MR) is 129 cm³/mol. The molecule has 8 nitrogen and oxygen atoms in total. The van der Waals surface area contributed by atoms with Crippen LogP contribution in [0.2, 0.25) is 0 Å². The van der Waals surface area contributed by atoms with E-state index in [0.29, 0.717) is 24.3 Å². The Morgan fingerprint density at radius 2 is 2.09 bits per heavy atom. The number of aliphatic carboxylic acids is 1. The number of esters is 1. The van der Waals surface area contributed by atoms with Crippen molar-refractivity contribution in [1.82, 2.24) is 4.90 Å². The maximum atomic E-state index is 12.3. The molecule has 188 valence electrons. The lowest BCUT2D eigenvalue weighted by molar-refractivity contribution is -0.142. The molecule has 0 radical (unpaired) electrons. The van der Waals surface area contributed by atoms with Gasteiger partial charge >= 0.3 is 11.9 Å². The van der Waals surface area contributed by atoms with Crippen molar-refractivity contribution in [3.05, 3.63) is 70.1 Å². The molecule has 0 bridgehead atoms. The van der Waals surface area contributed by atoms with Gasteiger partial charge in [-0.25, -0.2) is 4.79 Å². The molecule has 3 rings (SSSR count). The maximum Gasteiger partial charge on any atom is 0.343 e. The molecular weight excluding hydrogens is 450 g/mol. The quantitative estimate of drug-likeness (QED) is 0.329. The fourth-order valence-corrected chi connectivity index (χ4v) is 4.13. The van der Waals surface area contributed by atoms with Gasteiger partial charge in [0.15, 0.2) is 11.5 Å². The van der Waals surface area contributed by atoms with Crippen molar-refractivity contribution in [3.8, 4) is 0 Å². The molecule has 35 heavy (non-hydrogen) atoms. The van der Waals surface area contributed by atoms with E-state index >= 15 is 0 Å². The highest BCUT2D eigenvalue weighted by Crippen LogP contribution is 2.26. The summed E-state index contributed by atoms with van der Waals surface area (Å²) in [6.07, 6.45) is 12.5. The summed E-state index contributed by atoms with van der Waals surface area (Å²) in [5, 5.41) is 18.8. The van der Waals surface area contributed by atoms with Crippen LogP contribution in [0.5, 0.6) is 0 Å². The Labute approximate surface area is 205 Å². The molecular formula is C27H33NO7. The lowest BCUT2D eigenvalue weighted by atomic mass is 9.99. The molecule has 0 fully saturated rings. The highest BCUT2D eigenvalue weighted by molar-refractivity contribution is 5.97. The largest absolute Gasteiger partial charge is 0.504 e. The number of aryl methyl sites for hydroxylation is 1. The minimum atomic E-state index is -1.02. The maximum absolute atomic E-state index is 12.3. The van der Waals surface area contributed by atoms with Crippen LogP contribution in [0.25, 0.3) is 0 Å². The van der Waals surface area contributed by atoms with Crippen LogP contribution in [0.4, 0.5) is 0 Å². The van der Waals surface area contributed by atoms with Crippen molar-refractivity contribution in [3.63, 3.8) is 0 Å². The molecule has 0 unspecified atom stereocenters. The van der Waals surface area contributed by atoms with Crippen molar-refractivity contribution >= 4 is 17.8 Å². The number of carbonyl (C=O) groups excluding carboxylic acids is 2. The second-order valence-corrected chi connectivity index (χ2v) is 9.26. The molecule has 0 saturated carbocycles. The molecule has 1 atom stereocenters. The highest BCUT2D eigenvalue weighted by atomic mass is 16.6. The molecule has 8 heteroatoms. The van der Waals surface area contributed by atoms with Gasteiger partial charge in [0.1, 0.15) is 12.3 Å². The molecule has 0 saturated heterocycles. The summed E-state index contributed by atoms with van der Waals surface area (Å²) in [6.45, 7) is 5.73. The minimum absolute atomic E-state index is 0.0629. The van der Waals surface area contributed by atoms with Crippen molar-refractivity contribution in [2.75, 3.05) is 13.1 Å². The molecule has 2 N–H and O–H groups in total. The number of allylic oxidation sites excluding steroid dienone is 3. The van der Waals surface area contributed by atoms with Gasteiger partial charge in [-0.3, -0.25) is 9.59 Å². The lowest BCUT2D eigenvalue weighted by Gasteiger charge is -2.12. The Hall–Kier alpha value is -3.55. The molecule has 0 spiro atoms. The molecule has 0 aromatic carbocycles. The number of aliphatic hydroxyl groups is 1. The smallest absolute Gasteiger partial charge is 0.343 e. The van der Waals surface area contributed by atoms with E-state index in [1.807, 2.05) is 13.0 Å².